The molecule has 0 unspecified atom stereocenters. The number of nitrogens with two attached hydrogens (primary N) is 1. The van der Waals surface area contributed by atoms with Crippen LogP contribution in [0.3, 0.4) is 0 Å². The number of para-hydroxylation sites is 1. The van der Waals surface area contributed by atoms with E-state index >= 15 is 0 Å². The molecule has 0 aliphatic heterocycles. The van der Waals surface area contributed by atoms with E-state index in [1.807, 2.05) is 50.2 Å². The van der Waals surface area contributed by atoms with Gasteiger partial charge in [0.2, 0.25) is 0 Å². The summed E-state index contributed by atoms with van der Waals surface area (Å²) in [5.41, 5.74) is 7.70. The first-order valence-electron chi connectivity index (χ1n) is 9.53. The van der Waals surface area contributed by atoms with Crippen LogP contribution in [0.25, 0.3) is 10.9 Å². The number of rotatable bonds is 7. The van der Waals surface area contributed by atoms with E-state index in [1.54, 1.807) is 6.07 Å². The van der Waals surface area contributed by atoms with Crippen molar-refractivity contribution in [3.05, 3.63) is 64.4 Å². The highest BCUT2D eigenvalue weighted by molar-refractivity contribution is 6.30. The van der Waals surface area contributed by atoms with Crippen LogP contribution in [-0.2, 0) is 0 Å². The molecular weight excluding hydrogens is 372 g/mol. The van der Waals surface area contributed by atoms with Crippen molar-refractivity contribution >= 4 is 34.2 Å². The molecule has 1 aromatic heterocycles. The predicted molar refractivity (Wildman–Crippen MR) is 115 cm³/mol. The summed E-state index contributed by atoms with van der Waals surface area (Å²) in [6, 6.07) is 13.3. The molecule has 0 spiro atoms. The Bertz CT molecular complexity index is 986. The molecule has 1 amide bonds. The fraction of sp³-hybridized carbons (Fsp3) is 0.318. The molecule has 2 aromatic carbocycles. The van der Waals surface area contributed by atoms with Crippen LogP contribution in [0, 0.1) is 0 Å². The normalized spacial score (nSPS) is 12.3. The molecule has 28 heavy (non-hydrogen) atoms. The van der Waals surface area contributed by atoms with Gasteiger partial charge in [0, 0.05) is 16.3 Å². The number of anilines is 1. The van der Waals surface area contributed by atoms with Gasteiger partial charge in [-0.2, -0.15) is 0 Å². The molecule has 6 heteroatoms. The maximum Gasteiger partial charge on any atom is 0.250 e. The Labute approximate surface area is 170 Å². The molecule has 0 radical (unpaired) electrons. The van der Waals surface area contributed by atoms with E-state index in [2.05, 4.69) is 17.2 Å². The number of nitrogens with zero attached hydrogens (tertiary/aromatic N) is 2. The molecule has 3 N–H and O–H groups in total. The van der Waals surface area contributed by atoms with Crippen molar-refractivity contribution in [2.75, 3.05) is 5.32 Å². The largest absolute Gasteiger partial charge is 0.366 e. The molecule has 0 bridgehead atoms. The first-order valence-corrected chi connectivity index (χ1v) is 9.91. The van der Waals surface area contributed by atoms with E-state index < -0.39 is 5.91 Å². The predicted octanol–water partition coefficient (Wildman–Crippen LogP) is 5.46. The van der Waals surface area contributed by atoms with Crippen LogP contribution in [0.1, 0.15) is 67.3 Å². The van der Waals surface area contributed by atoms with Crippen molar-refractivity contribution in [2.24, 2.45) is 5.73 Å². The van der Waals surface area contributed by atoms with Crippen LogP contribution in [0.5, 0.6) is 0 Å². The summed E-state index contributed by atoms with van der Waals surface area (Å²) in [6.07, 6.45) is 1.94. The average molecular weight is 397 g/mol. The Hall–Kier alpha value is -2.66. The lowest BCUT2D eigenvalue weighted by Gasteiger charge is -2.21. The number of carbonyl (C=O) groups is 1. The number of primary amides is 1. The molecule has 0 saturated heterocycles. The quantitative estimate of drug-likeness (QED) is 0.555. The van der Waals surface area contributed by atoms with Gasteiger partial charge in [0.05, 0.1) is 17.1 Å². The van der Waals surface area contributed by atoms with Gasteiger partial charge in [-0.15, -0.1) is 0 Å². The number of aromatic nitrogens is 2. The zero-order chi connectivity index (χ0) is 20.3. The van der Waals surface area contributed by atoms with Crippen molar-refractivity contribution < 1.29 is 4.79 Å². The third-order valence-corrected chi connectivity index (χ3v) is 4.94. The number of nitrogens with one attached hydrogen (secondary N) is 1. The Balaban J connectivity index is 2.13. The highest BCUT2D eigenvalue weighted by Crippen LogP contribution is 2.30. The molecule has 3 rings (SSSR count). The molecule has 0 saturated carbocycles. The first kappa shape index (κ1) is 20.1. The van der Waals surface area contributed by atoms with Crippen molar-refractivity contribution in [1.82, 2.24) is 9.97 Å². The summed E-state index contributed by atoms with van der Waals surface area (Å²) in [4.78, 5) is 21.3. The summed E-state index contributed by atoms with van der Waals surface area (Å²) in [6.45, 7) is 6.20. The molecule has 3 aromatic rings. The minimum Gasteiger partial charge on any atom is -0.366 e. The van der Waals surface area contributed by atoms with Crippen LogP contribution in [0.2, 0.25) is 5.02 Å². The van der Waals surface area contributed by atoms with E-state index in [0.717, 1.165) is 23.8 Å². The third kappa shape index (κ3) is 4.25. The summed E-state index contributed by atoms with van der Waals surface area (Å²) in [5.74, 6) is 1.01. The maximum atomic E-state index is 11.9. The SMILES string of the molecule is CCC[C@@H](Nc1nc(C(C)C)nc2c(C(N)=O)cccc12)c1ccc(Cl)cc1. The van der Waals surface area contributed by atoms with Crippen molar-refractivity contribution in [1.29, 1.82) is 0 Å². The lowest BCUT2D eigenvalue weighted by atomic mass is 10.0. The van der Waals surface area contributed by atoms with Crippen molar-refractivity contribution in [3.8, 4) is 0 Å². The lowest BCUT2D eigenvalue weighted by molar-refractivity contribution is 0.100. The number of amides is 1. The van der Waals surface area contributed by atoms with Gasteiger partial charge < -0.3 is 11.1 Å². The average Bonchev–Trinajstić information content (AvgIpc) is 2.67. The monoisotopic (exact) mass is 396 g/mol. The summed E-state index contributed by atoms with van der Waals surface area (Å²) in [5, 5.41) is 5.07. The van der Waals surface area contributed by atoms with Gasteiger partial charge in [0.25, 0.3) is 5.91 Å². The highest BCUT2D eigenvalue weighted by Gasteiger charge is 2.18. The second-order valence-corrected chi connectivity index (χ2v) is 7.62. The molecule has 5 nitrogen and oxygen atoms in total. The minimum absolute atomic E-state index is 0.0672. The van der Waals surface area contributed by atoms with Gasteiger partial charge >= 0.3 is 0 Å². The number of hydrogen-bond acceptors (Lipinski definition) is 4. The second kappa shape index (κ2) is 8.57. The summed E-state index contributed by atoms with van der Waals surface area (Å²) >= 11 is 6.05. The standard InChI is InChI=1S/C22H25ClN4O/c1-4-6-18(14-9-11-15(23)12-10-14)25-22-17-8-5-7-16(20(24)28)19(17)26-21(27-22)13(2)3/h5,7-13,18H,4,6H2,1-3H3,(H2,24,28)(H,25,26,27)/t18-/m1/s1. The highest BCUT2D eigenvalue weighted by atomic mass is 35.5. The Morgan fingerprint density at radius 1 is 1.14 bits per heavy atom. The van der Waals surface area contributed by atoms with Gasteiger partial charge in [0.15, 0.2) is 0 Å². The van der Waals surface area contributed by atoms with E-state index in [9.17, 15) is 4.79 Å². The molecule has 0 aliphatic rings. The van der Waals surface area contributed by atoms with Crippen molar-refractivity contribution in [2.45, 2.75) is 45.6 Å². The molecule has 1 atom stereocenters. The van der Waals surface area contributed by atoms with Crippen LogP contribution in [0.15, 0.2) is 42.5 Å². The molecular formula is C22H25ClN4O. The van der Waals surface area contributed by atoms with Gasteiger partial charge in [0.1, 0.15) is 11.6 Å². The van der Waals surface area contributed by atoms with Crippen molar-refractivity contribution in [3.63, 3.8) is 0 Å². The zero-order valence-electron chi connectivity index (χ0n) is 16.4. The zero-order valence-corrected chi connectivity index (χ0v) is 17.1. The number of hydrogen-bond donors (Lipinski definition) is 2. The fourth-order valence-electron chi connectivity index (χ4n) is 3.21. The van der Waals surface area contributed by atoms with Gasteiger partial charge in [-0.1, -0.05) is 57.0 Å². The minimum atomic E-state index is -0.493. The summed E-state index contributed by atoms with van der Waals surface area (Å²) < 4.78 is 0. The number of halogens is 1. The van der Waals surface area contributed by atoms with Gasteiger partial charge in [-0.25, -0.2) is 9.97 Å². The van der Waals surface area contributed by atoms with E-state index in [4.69, 9.17) is 22.3 Å². The fourth-order valence-corrected chi connectivity index (χ4v) is 3.33. The van der Waals surface area contributed by atoms with Crippen LogP contribution < -0.4 is 11.1 Å². The molecule has 1 heterocycles. The van der Waals surface area contributed by atoms with E-state index in [1.165, 1.54) is 0 Å². The van der Waals surface area contributed by atoms with Gasteiger partial charge in [-0.3, -0.25) is 4.79 Å². The van der Waals surface area contributed by atoms with E-state index in [0.29, 0.717) is 27.7 Å². The smallest absolute Gasteiger partial charge is 0.250 e. The molecule has 146 valence electrons. The van der Waals surface area contributed by atoms with Crippen LogP contribution in [-0.4, -0.2) is 15.9 Å². The second-order valence-electron chi connectivity index (χ2n) is 7.19. The van der Waals surface area contributed by atoms with Crippen LogP contribution >= 0.6 is 11.6 Å². The molecule has 0 aliphatic carbocycles. The van der Waals surface area contributed by atoms with Crippen LogP contribution in [0.4, 0.5) is 5.82 Å². The number of fused-ring (bicyclic) bond motifs is 1. The van der Waals surface area contributed by atoms with Gasteiger partial charge in [-0.05, 0) is 36.2 Å². The molecule has 0 fully saturated rings. The lowest BCUT2D eigenvalue weighted by Crippen LogP contribution is -2.16. The number of carbonyl (C=O) groups excluding carboxylic acids is 1. The first-order chi connectivity index (χ1) is 13.4. The Morgan fingerprint density at radius 2 is 1.86 bits per heavy atom. The maximum absolute atomic E-state index is 11.9. The Morgan fingerprint density at radius 3 is 2.46 bits per heavy atom. The Kier molecular flexibility index (Phi) is 6.15. The topological polar surface area (TPSA) is 80.9 Å². The third-order valence-electron chi connectivity index (χ3n) is 4.69. The van der Waals surface area contributed by atoms with E-state index in [-0.39, 0.29) is 12.0 Å². The number of benzene rings is 2. The summed E-state index contributed by atoms with van der Waals surface area (Å²) in [7, 11) is 0.